The number of aromatic nitrogens is 3. The van der Waals surface area contributed by atoms with Gasteiger partial charge in [-0.2, -0.15) is 5.10 Å². The lowest BCUT2D eigenvalue weighted by Crippen LogP contribution is -2.32. The third kappa shape index (κ3) is 4.16. The molecule has 4 rings (SSSR count). The Balaban J connectivity index is 1.40. The van der Waals surface area contributed by atoms with Crippen molar-refractivity contribution in [2.45, 2.75) is 51.1 Å². The highest BCUT2D eigenvalue weighted by Gasteiger charge is 2.35. The number of sulfonamides is 1. The molecule has 1 fully saturated rings. The third-order valence-corrected chi connectivity index (χ3v) is 6.97. The van der Waals surface area contributed by atoms with E-state index in [1.807, 2.05) is 29.9 Å². The summed E-state index contributed by atoms with van der Waals surface area (Å²) in [5, 5.41) is 8.36. The summed E-state index contributed by atoms with van der Waals surface area (Å²) in [5.74, 6) is 1.14. The number of nitrogens with zero attached hydrogens (tertiary/aromatic N) is 4. The standard InChI is InChI=1S/C17H25N5O3S/c1-13-8-15(20-25-13)11-21-9-14(10-22-16(12-21)5-6-18-22)4-7-19-26(23,24)17-2-3-17/h5-6,8,14,17,19H,2-4,7,9-12H2,1H3/t14-/m1/s1. The minimum Gasteiger partial charge on any atom is -0.361 e. The molecule has 26 heavy (non-hydrogen) atoms. The van der Waals surface area contributed by atoms with E-state index in [1.54, 1.807) is 0 Å². The molecule has 0 radical (unpaired) electrons. The van der Waals surface area contributed by atoms with Crippen molar-refractivity contribution in [1.82, 2.24) is 24.6 Å². The number of nitrogens with one attached hydrogen (secondary N) is 1. The zero-order chi connectivity index (χ0) is 18.1. The summed E-state index contributed by atoms with van der Waals surface area (Å²) in [6.45, 7) is 5.57. The largest absolute Gasteiger partial charge is 0.361 e. The zero-order valence-electron chi connectivity index (χ0n) is 15.0. The molecule has 0 unspecified atom stereocenters. The summed E-state index contributed by atoms with van der Waals surface area (Å²) in [6, 6.07) is 4.00. The fourth-order valence-corrected chi connectivity index (χ4v) is 4.94. The lowest BCUT2D eigenvalue weighted by atomic mass is 10.1. The van der Waals surface area contributed by atoms with E-state index in [9.17, 15) is 8.42 Å². The van der Waals surface area contributed by atoms with Gasteiger partial charge in [0.05, 0.1) is 16.6 Å². The summed E-state index contributed by atoms with van der Waals surface area (Å²) < 4.78 is 34.0. The highest BCUT2D eigenvalue weighted by molar-refractivity contribution is 7.90. The molecule has 0 bridgehead atoms. The van der Waals surface area contributed by atoms with E-state index in [4.69, 9.17) is 4.52 Å². The summed E-state index contributed by atoms with van der Waals surface area (Å²) in [4.78, 5) is 2.33. The van der Waals surface area contributed by atoms with Gasteiger partial charge in [-0.15, -0.1) is 0 Å². The Hall–Kier alpha value is -1.71. The first-order valence-electron chi connectivity index (χ1n) is 9.13. The summed E-state index contributed by atoms with van der Waals surface area (Å²) in [7, 11) is -3.11. The van der Waals surface area contributed by atoms with E-state index in [0.717, 1.165) is 50.4 Å². The van der Waals surface area contributed by atoms with Crippen LogP contribution < -0.4 is 4.72 Å². The number of hydrogen-bond acceptors (Lipinski definition) is 6. The van der Waals surface area contributed by atoms with E-state index in [-0.39, 0.29) is 5.25 Å². The second-order valence-electron chi connectivity index (χ2n) is 7.40. The molecule has 2 aromatic rings. The van der Waals surface area contributed by atoms with Gasteiger partial charge in [0.1, 0.15) is 5.76 Å². The van der Waals surface area contributed by atoms with Crippen molar-refractivity contribution in [3.8, 4) is 0 Å². The lowest BCUT2D eigenvalue weighted by Gasteiger charge is -2.23. The van der Waals surface area contributed by atoms with Crippen molar-refractivity contribution in [3.05, 3.63) is 35.5 Å². The first kappa shape index (κ1) is 17.7. The maximum absolute atomic E-state index is 12.0. The molecule has 8 nitrogen and oxygen atoms in total. The van der Waals surface area contributed by atoms with Crippen molar-refractivity contribution in [2.24, 2.45) is 5.92 Å². The quantitative estimate of drug-likeness (QED) is 0.779. The molecule has 0 aromatic carbocycles. The molecule has 1 saturated carbocycles. The van der Waals surface area contributed by atoms with Gasteiger partial charge in [0.2, 0.25) is 10.0 Å². The topological polar surface area (TPSA) is 93.3 Å². The lowest BCUT2D eigenvalue weighted by molar-refractivity contribution is 0.209. The minimum absolute atomic E-state index is 0.166. The van der Waals surface area contributed by atoms with E-state index in [0.29, 0.717) is 19.0 Å². The van der Waals surface area contributed by atoms with Gasteiger partial charge >= 0.3 is 0 Å². The summed E-state index contributed by atoms with van der Waals surface area (Å²) >= 11 is 0. The molecular weight excluding hydrogens is 354 g/mol. The van der Waals surface area contributed by atoms with Crippen LogP contribution in [0.25, 0.3) is 0 Å². The van der Waals surface area contributed by atoms with Gasteiger partial charge in [0.25, 0.3) is 0 Å². The van der Waals surface area contributed by atoms with E-state index in [2.05, 4.69) is 19.9 Å². The average molecular weight is 379 g/mol. The van der Waals surface area contributed by atoms with Crippen LogP contribution in [0.4, 0.5) is 0 Å². The zero-order valence-corrected chi connectivity index (χ0v) is 15.8. The Morgan fingerprint density at radius 2 is 2.19 bits per heavy atom. The second-order valence-corrected chi connectivity index (χ2v) is 9.44. The maximum Gasteiger partial charge on any atom is 0.214 e. The van der Waals surface area contributed by atoms with Gasteiger partial charge in [-0.05, 0) is 38.2 Å². The van der Waals surface area contributed by atoms with Crippen molar-refractivity contribution in [3.63, 3.8) is 0 Å². The molecule has 2 aliphatic rings. The van der Waals surface area contributed by atoms with Crippen LogP contribution in [-0.4, -0.2) is 46.6 Å². The van der Waals surface area contributed by atoms with Gasteiger partial charge in [0, 0.05) is 45.0 Å². The molecule has 142 valence electrons. The van der Waals surface area contributed by atoms with Gasteiger partial charge in [-0.3, -0.25) is 9.58 Å². The van der Waals surface area contributed by atoms with Crippen molar-refractivity contribution >= 4 is 10.0 Å². The highest BCUT2D eigenvalue weighted by atomic mass is 32.2. The maximum atomic E-state index is 12.0. The molecule has 2 aromatic heterocycles. The molecule has 1 N–H and O–H groups in total. The fraction of sp³-hybridized carbons (Fsp3) is 0.647. The van der Waals surface area contributed by atoms with Crippen LogP contribution in [0.1, 0.15) is 36.4 Å². The van der Waals surface area contributed by atoms with Gasteiger partial charge in [-0.1, -0.05) is 5.16 Å². The van der Waals surface area contributed by atoms with Crippen molar-refractivity contribution in [1.29, 1.82) is 0 Å². The van der Waals surface area contributed by atoms with Crippen LogP contribution in [0.15, 0.2) is 22.9 Å². The van der Waals surface area contributed by atoms with Gasteiger partial charge in [-0.25, -0.2) is 13.1 Å². The van der Waals surface area contributed by atoms with Crippen LogP contribution in [0.2, 0.25) is 0 Å². The van der Waals surface area contributed by atoms with Crippen LogP contribution in [0, 0.1) is 12.8 Å². The van der Waals surface area contributed by atoms with Crippen molar-refractivity contribution in [2.75, 3.05) is 13.1 Å². The van der Waals surface area contributed by atoms with E-state index >= 15 is 0 Å². The Bertz CT molecular complexity index is 855. The highest BCUT2D eigenvalue weighted by Crippen LogP contribution is 2.27. The van der Waals surface area contributed by atoms with Crippen molar-refractivity contribution < 1.29 is 12.9 Å². The molecule has 0 spiro atoms. The number of aryl methyl sites for hydroxylation is 1. The number of fused-ring (bicyclic) bond motifs is 1. The molecular formula is C17H25N5O3S. The minimum atomic E-state index is -3.11. The first-order valence-corrected chi connectivity index (χ1v) is 10.7. The SMILES string of the molecule is Cc1cc(CN2Cc3ccnn3C[C@H](CCNS(=O)(=O)C3CC3)C2)no1. The average Bonchev–Trinajstić information content (AvgIpc) is 3.29. The molecule has 1 atom stereocenters. The molecule has 0 amide bonds. The van der Waals surface area contributed by atoms with Gasteiger partial charge < -0.3 is 4.52 Å². The van der Waals surface area contributed by atoms with Gasteiger partial charge in [0.15, 0.2) is 0 Å². The Labute approximate surface area is 153 Å². The first-order chi connectivity index (χ1) is 12.5. The summed E-state index contributed by atoms with van der Waals surface area (Å²) in [6.07, 6.45) is 4.20. The van der Waals surface area contributed by atoms with Crippen LogP contribution >= 0.6 is 0 Å². The second kappa shape index (κ2) is 7.13. The predicted octanol–water partition coefficient (Wildman–Crippen LogP) is 1.28. The third-order valence-electron chi connectivity index (χ3n) is 5.02. The Morgan fingerprint density at radius 1 is 1.35 bits per heavy atom. The molecule has 0 saturated heterocycles. The summed E-state index contributed by atoms with van der Waals surface area (Å²) in [5.41, 5.74) is 2.09. The molecule has 3 heterocycles. The van der Waals surface area contributed by atoms with Crippen LogP contribution in [0.5, 0.6) is 0 Å². The number of hydrogen-bond donors (Lipinski definition) is 1. The smallest absolute Gasteiger partial charge is 0.214 e. The number of rotatable bonds is 7. The molecule has 1 aliphatic heterocycles. The monoisotopic (exact) mass is 379 g/mol. The predicted molar refractivity (Wildman–Crippen MR) is 95.6 cm³/mol. The molecule has 1 aliphatic carbocycles. The fourth-order valence-electron chi connectivity index (χ4n) is 3.55. The molecule has 9 heteroatoms. The Morgan fingerprint density at radius 3 is 2.92 bits per heavy atom. The normalized spacial score (nSPS) is 21.5. The Kier molecular flexibility index (Phi) is 4.85. The van der Waals surface area contributed by atoms with Crippen LogP contribution in [0.3, 0.4) is 0 Å². The van der Waals surface area contributed by atoms with E-state index in [1.165, 1.54) is 5.69 Å². The van der Waals surface area contributed by atoms with E-state index < -0.39 is 10.0 Å². The van der Waals surface area contributed by atoms with Crippen LogP contribution in [-0.2, 0) is 29.7 Å².